The Morgan fingerprint density at radius 3 is 2.42 bits per heavy atom. The highest BCUT2D eigenvalue weighted by Gasteiger charge is 2.21. The first-order valence-corrected chi connectivity index (χ1v) is 3.81. The lowest BCUT2D eigenvalue weighted by Crippen LogP contribution is -2.26. The van der Waals surface area contributed by atoms with Gasteiger partial charge in [0, 0.05) is 7.11 Å². The van der Waals surface area contributed by atoms with Crippen LogP contribution in [0.4, 0.5) is 0 Å². The van der Waals surface area contributed by atoms with Crippen molar-refractivity contribution in [2.45, 2.75) is 13.8 Å². The van der Waals surface area contributed by atoms with E-state index in [1.165, 1.54) is 14.0 Å². The zero-order chi connectivity index (χ0) is 9.56. The first-order chi connectivity index (χ1) is 5.63. The molecule has 4 nitrogen and oxygen atoms in total. The highest BCUT2D eigenvalue weighted by molar-refractivity contribution is 5.99. The topological polar surface area (TPSA) is 52.6 Å². The average Bonchev–Trinajstić information content (AvgIpc) is 2.04. The first-order valence-electron chi connectivity index (χ1n) is 3.81. The summed E-state index contributed by atoms with van der Waals surface area (Å²) < 4.78 is 9.25. The van der Waals surface area contributed by atoms with E-state index in [0.29, 0.717) is 6.61 Å². The highest BCUT2D eigenvalue weighted by atomic mass is 16.5. The van der Waals surface area contributed by atoms with Gasteiger partial charge in [0.25, 0.3) is 0 Å². The van der Waals surface area contributed by atoms with Crippen molar-refractivity contribution in [3.63, 3.8) is 0 Å². The van der Waals surface area contributed by atoms with Crippen LogP contribution in [0.25, 0.3) is 0 Å². The second kappa shape index (κ2) is 5.71. The van der Waals surface area contributed by atoms with Crippen LogP contribution in [-0.4, -0.2) is 32.1 Å². The predicted octanol–water partition coefficient (Wildman–Crippen LogP) is 0.401. The highest BCUT2D eigenvalue weighted by Crippen LogP contribution is 2.00. The second-order valence-corrected chi connectivity index (χ2v) is 2.37. The predicted molar refractivity (Wildman–Crippen MR) is 42.7 cm³/mol. The molecule has 0 rings (SSSR count). The zero-order valence-corrected chi connectivity index (χ0v) is 7.62. The van der Waals surface area contributed by atoms with Crippen molar-refractivity contribution in [2.24, 2.45) is 5.92 Å². The van der Waals surface area contributed by atoms with Crippen LogP contribution >= 0.6 is 0 Å². The van der Waals surface area contributed by atoms with Gasteiger partial charge in [-0.25, -0.2) is 0 Å². The Morgan fingerprint density at radius 2 is 2.00 bits per heavy atom. The van der Waals surface area contributed by atoms with Gasteiger partial charge < -0.3 is 9.47 Å². The largest absolute Gasteiger partial charge is 0.465 e. The number of ketones is 1. The molecule has 12 heavy (non-hydrogen) atoms. The maximum Gasteiger partial charge on any atom is 0.316 e. The van der Waals surface area contributed by atoms with Crippen LogP contribution in [0.1, 0.15) is 13.8 Å². The van der Waals surface area contributed by atoms with Gasteiger partial charge in [-0.1, -0.05) is 0 Å². The van der Waals surface area contributed by atoms with Crippen LogP contribution in [0.2, 0.25) is 0 Å². The van der Waals surface area contributed by atoms with Gasteiger partial charge in [0.05, 0.1) is 6.61 Å². The van der Waals surface area contributed by atoms with E-state index in [9.17, 15) is 9.59 Å². The summed E-state index contributed by atoms with van der Waals surface area (Å²) in [4.78, 5) is 22.0. The van der Waals surface area contributed by atoms with Gasteiger partial charge in [-0.3, -0.25) is 9.59 Å². The van der Waals surface area contributed by atoms with Crippen LogP contribution in [0.3, 0.4) is 0 Å². The van der Waals surface area contributed by atoms with Gasteiger partial charge in [0.1, 0.15) is 12.5 Å². The third kappa shape index (κ3) is 3.48. The Balaban J connectivity index is 3.91. The number of hydrogen-bond acceptors (Lipinski definition) is 4. The van der Waals surface area contributed by atoms with E-state index in [0.717, 1.165) is 0 Å². The van der Waals surface area contributed by atoms with Crippen LogP contribution in [0.15, 0.2) is 0 Å². The number of esters is 1. The summed E-state index contributed by atoms with van der Waals surface area (Å²) in [5.41, 5.74) is 0. The minimum atomic E-state index is -0.718. The van der Waals surface area contributed by atoms with E-state index in [-0.39, 0.29) is 12.4 Å². The lowest BCUT2D eigenvalue weighted by Gasteiger charge is -2.07. The molecule has 0 radical (unpaired) electrons. The summed E-state index contributed by atoms with van der Waals surface area (Å²) in [5, 5.41) is 0. The Labute approximate surface area is 71.8 Å². The molecular weight excluding hydrogens is 160 g/mol. The molecule has 0 saturated carbocycles. The molecule has 0 spiro atoms. The maximum absolute atomic E-state index is 11.0. The fraction of sp³-hybridized carbons (Fsp3) is 0.750. The molecule has 0 fully saturated rings. The zero-order valence-electron chi connectivity index (χ0n) is 7.62. The van der Waals surface area contributed by atoms with Crippen LogP contribution in [0, 0.1) is 5.92 Å². The minimum absolute atomic E-state index is 0.0417. The number of Topliss-reactive ketones (excluding diaryl/α,β-unsaturated/α-hetero) is 1. The molecule has 4 heteroatoms. The summed E-state index contributed by atoms with van der Waals surface area (Å²) in [7, 11) is 1.41. The Hall–Kier alpha value is -0.900. The molecule has 0 unspecified atom stereocenters. The number of carbonyl (C=O) groups is 2. The molecule has 0 aromatic rings. The van der Waals surface area contributed by atoms with Crippen molar-refractivity contribution in [1.29, 1.82) is 0 Å². The Bertz CT molecular complexity index is 146. The fourth-order valence-corrected chi connectivity index (χ4v) is 0.666. The lowest BCUT2D eigenvalue weighted by molar-refractivity contribution is -0.151. The van der Waals surface area contributed by atoms with E-state index in [2.05, 4.69) is 9.47 Å². The van der Waals surface area contributed by atoms with Crippen molar-refractivity contribution in [1.82, 2.24) is 0 Å². The minimum Gasteiger partial charge on any atom is -0.465 e. The van der Waals surface area contributed by atoms with E-state index in [4.69, 9.17) is 0 Å². The van der Waals surface area contributed by atoms with E-state index < -0.39 is 11.9 Å². The van der Waals surface area contributed by atoms with E-state index >= 15 is 0 Å². The monoisotopic (exact) mass is 174 g/mol. The molecule has 0 aliphatic rings. The molecule has 0 heterocycles. The molecule has 0 saturated heterocycles. The average molecular weight is 174 g/mol. The number of rotatable bonds is 5. The van der Waals surface area contributed by atoms with E-state index in [1.54, 1.807) is 6.92 Å². The number of ether oxygens (including phenoxy) is 2. The smallest absolute Gasteiger partial charge is 0.316 e. The summed E-state index contributed by atoms with van der Waals surface area (Å²) in [6.45, 7) is 3.47. The SMILES string of the molecule is CCOC(=O)[C@@H](C)C(=O)COC. The molecule has 0 aliphatic carbocycles. The molecule has 1 atom stereocenters. The summed E-state index contributed by atoms with van der Waals surface area (Å²) in [5.74, 6) is -1.46. The molecular formula is C8H14O4. The quantitative estimate of drug-likeness (QED) is 0.447. The number of hydrogen-bond donors (Lipinski definition) is 0. The fourth-order valence-electron chi connectivity index (χ4n) is 0.666. The van der Waals surface area contributed by atoms with Gasteiger partial charge in [-0.05, 0) is 13.8 Å². The molecule has 0 N–H and O–H groups in total. The number of carbonyl (C=O) groups excluding carboxylic acids is 2. The summed E-state index contributed by atoms with van der Waals surface area (Å²) in [6.07, 6.45) is 0. The third-order valence-corrected chi connectivity index (χ3v) is 1.41. The van der Waals surface area contributed by atoms with Gasteiger partial charge in [-0.2, -0.15) is 0 Å². The Kier molecular flexibility index (Phi) is 5.28. The molecule has 0 amide bonds. The van der Waals surface area contributed by atoms with Crippen molar-refractivity contribution in [2.75, 3.05) is 20.3 Å². The van der Waals surface area contributed by atoms with Crippen molar-refractivity contribution >= 4 is 11.8 Å². The molecule has 0 aromatic carbocycles. The molecule has 70 valence electrons. The second-order valence-electron chi connectivity index (χ2n) is 2.37. The van der Waals surface area contributed by atoms with Gasteiger partial charge >= 0.3 is 5.97 Å². The summed E-state index contributed by atoms with van der Waals surface area (Å²) >= 11 is 0. The molecule has 0 bridgehead atoms. The third-order valence-electron chi connectivity index (χ3n) is 1.41. The maximum atomic E-state index is 11.0. The van der Waals surface area contributed by atoms with Crippen LogP contribution in [0.5, 0.6) is 0 Å². The van der Waals surface area contributed by atoms with Gasteiger partial charge in [0.15, 0.2) is 5.78 Å². The number of methoxy groups -OCH3 is 1. The summed E-state index contributed by atoms with van der Waals surface area (Å²) in [6, 6.07) is 0. The molecule has 0 aromatic heterocycles. The van der Waals surface area contributed by atoms with Crippen molar-refractivity contribution < 1.29 is 19.1 Å². The molecule has 0 aliphatic heterocycles. The van der Waals surface area contributed by atoms with Crippen LogP contribution < -0.4 is 0 Å². The van der Waals surface area contributed by atoms with Gasteiger partial charge in [0.2, 0.25) is 0 Å². The van der Waals surface area contributed by atoms with Crippen LogP contribution in [-0.2, 0) is 19.1 Å². The van der Waals surface area contributed by atoms with Gasteiger partial charge in [-0.15, -0.1) is 0 Å². The van der Waals surface area contributed by atoms with Crippen molar-refractivity contribution in [3.8, 4) is 0 Å². The normalized spacial score (nSPS) is 12.2. The Morgan fingerprint density at radius 1 is 1.42 bits per heavy atom. The lowest BCUT2D eigenvalue weighted by atomic mass is 10.1. The van der Waals surface area contributed by atoms with E-state index in [1.807, 2.05) is 0 Å². The first kappa shape index (κ1) is 11.1. The standard InChI is InChI=1S/C8H14O4/c1-4-12-8(10)6(2)7(9)5-11-3/h6H,4-5H2,1-3H3/t6-/m0/s1. The van der Waals surface area contributed by atoms with Crippen molar-refractivity contribution in [3.05, 3.63) is 0 Å².